The lowest BCUT2D eigenvalue weighted by Crippen LogP contribution is -2.48. The van der Waals surface area contributed by atoms with E-state index in [1.165, 1.54) is 16.6 Å². The normalized spacial score (nSPS) is 16.5. The molecule has 0 radical (unpaired) electrons. The van der Waals surface area contributed by atoms with Gasteiger partial charge in [0, 0.05) is 41.7 Å². The number of H-pyrrole nitrogens is 1. The molecule has 3 N–H and O–H groups in total. The van der Waals surface area contributed by atoms with Crippen molar-refractivity contribution in [2.45, 2.75) is 32.9 Å². The number of rotatable bonds is 2. The SMILES string of the molecule is CC(C)C(N)C(=O)N1CCc2[nH]c3ccccc3c2C1. The van der Waals surface area contributed by atoms with Crippen LogP contribution < -0.4 is 5.73 Å². The number of carbonyl (C=O) groups excluding carboxylic acids is 1. The van der Waals surface area contributed by atoms with Crippen LogP contribution >= 0.6 is 0 Å². The average molecular weight is 271 g/mol. The van der Waals surface area contributed by atoms with Crippen LogP contribution in [0.3, 0.4) is 0 Å². The lowest BCUT2D eigenvalue weighted by molar-refractivity contribution is -0.134. The fraction of sp³-hybridized carbons (Fsp3) is 0.438. The molecule has 4 nitrogen and oxygen atoms in total. The van der Waals surface area contributed by atoms with Gasteiger partial charge < -0.3 is 15.6 Å². The van der Waals surface area contributed by atoms with Crippen molar-refractivity contribution < 1.29 is 4.79 Å². The maximum atomic E-state index is 12.4. The molecule has 20 heavy (non-hydrogen) atoms. The first-order chi connectivity index (χ1) is 9.58. The summed E-state index contributed by atoms with van der Waals surface area (Å²) >= 11 is 0. The Morgan fingerprint density at radius 3 is 2.85 bits per heavy atom. The van der Waals surface area contributed by atoms with E-state index in [1.807, 2.05) is 30.9 Å². The summed E-state index contributed by atoms with van der Waals surface area (Å²) in [5.74, 6) is 0.239. The van der Waals surface area contributed by atoms with Gasteiger partial charge in [-0.05, 0) is 12.0 Å². The number of amides is 1. The van der Waals surface area contributed by atoms with Crippen molar-refractivity contribution in [3.8, 4) is 0 Å². The summed E-state index contributed by atoms with van der Waals surface area (Å²) in [6.07, 6.45) is 0.876. The van der Waals surface area contributed by atoms with E-state index in [1.54, 1.807) is 0 Å². The zero-order chi connectivity index (χ0) is 14.3. The van der Waals surface area contributed by atoms with Crippen molar-refractivity contribution >= 4 is 16.8 Å². The number of carbonyl (C=O) groups is 1. The second kappa shape index (κ2) is 4.94. The van der Waals surface area contributed by atoms with Crippen LogP contribution in [0.1, 0.15) is 25.1 Å². The minimum atomic E-state index is -0.401. The Labute approximate surface area is 118 Å². The summed E-state index contributed by atoms with van der Waals surface area (Å²) in [7, 11) is 0. The Hall–Kier alpha value is -1.81. The summed E-state index contributed by atoms with van der Waals surface area (Å²) in [6.45, 7) is 5.39. The number of aromatic nitrogens is 1. The fourth-order valence-corrected chi connectivity index (χ4v) is 2.85. The van der Waals surface area contributed by atoms with Crippen molar-refractivity contribution in [2.24, 2.45) is 11.7 Å². The van der Waals surface area contributed by atoms with Crippen LogP contribution in [0.15, 0.2) is 24.3 Å². The third-order valence-corrected chi connectivity index (χ3v) is 4.20. The smallest absolute Gasteiger partial charge is 0.240 e. The van der Waals surface area contributed by atoms with Gasteiger partial charge in [-0.15, -0.1) is 0 Å². The Morgan fingerprint density at radius 1 is 1.35 bits per heavy atom. The first kappa shape index (κ1) is 13.2. The lowest BCUT2D eigenvalue weighted by atomic mass is 10.0. The Bertz CT molecular complexity index is 644. The largest absolute Gasteiger partial charge is 0.358 e. The molecule has 1 amide bonds. The average Bonchev–Trinajstić information content (AvgIpc) is 2.83. The molecule has 1 aromatic heterocycles. The number of fused-ring (bicyclic) bond motifs is 3. The van der Waals surface area contributed by atoms with Crippen molar-refractivity contribution in [1.82, 2.24) is 9.88 Å². The number of benzene rings is 1. The highest BCUT2D eigenvalue weighted by Crippen LogP contribution is 2.27. The molecule has 2 aromatic rings. The Balaban J connectivity index is 1.90. The molecule has 1 aliphatic heterocycles. The molecule has 0 saturated heterocycles. The molecule has 0 spiro atoms. The van der Waals surface area contributed by atoms with Crippen LogP contribution in [0.4, 0.5) is 0 Å². The van der Waals surface area contributed by atoms with E-state index >= 15 is 0 Å². The molecule has 0 saturated carbocycles. The Kier molecular flexibility index (Phi) is 3.26. The standard InChI is InChI=1S/C16H21N3O/c1-10(2)15(17)16(20)19-8-7-14-12(9-19)11-5-3-4-6-13(11)18-14/h3-6,10,15,18H,7-9,17H2,1-2H3. The van der Waals surface area contributed by atoms with E-state index in [-0.39, 0.29) is 11.8 Å². The number of hydrogen-bond acceptors (Lipinski definition) is 2. The van der Waals surface area contributed by atoms with Gasteiger partial charge in [-0.2, -0.15) is 0 Å². The quantitative estimate of drug-likeness (QED) is 0.878. The number of para-hydroxylation sites is 1. The number of hydrogen-bond donors (Lipinski definition) is 2. The van der Waals surface area contributed by atoms with Crippen LogP contribution in [0, 0.1) is 5.92 Å². The van der Waals surface area contributed by atoms with Crippen LogP contribution in [0.2, 0.25) is 0 Å². The predicted molar refractivity (Wildman–Crippen MR) is 80.2 cm³/mol. The minimum absolute atomic E-state index is 0.0657. The van der Waals surface area contributed by atoms with Gasteiger partial charge in [0.15, 0.2) is 0 Å². The number of nitrogens with zero attached hydrogens (tertiary/aromatic N) is 1. The highest BCUT2D eigenvalue weighted by molar-refractivity contribution is 5.87. The molecular formula is C16H21N3O. The maximum absolute atomic E-state index is 12.4. The van der Waals surface area contributed by atoms with Crippen molar-refractivity contribution in [3.63, 3.8) is 0 Å². The van der Waals surface area contributed by atoms with Crippen molar-refractivity contribution in [1.29, 1.82) is 0 Å². The molecule has 2 heterocycles. The van der Waals surface area contributed by atoms with Crippen LogP contribution in [-0.4, -0.2) is 28.4 Å². The highest BCUT2D eigenvalue weighted by atomic mass is 16.2. The van der Waals surface area contributed by atoms with Crippen LogP contribution in [0.25, 0.3) is 10.9 Å². The third-order valence-electron chi connectivity index (χ3n) is 4.20. The third kappa shape index (κ3) is 2.10. The van der Waals surface area contributed by atoms with E-state index < -0.39 is 6.04 Å². The topological polar surface area (TPSA) is 62.1 Å². The van der Waals surface area contributed by atoms with Gasteiger partial charge in [0.05, 0.1) is 6.04 Å². The van der Waals surface area contributed by atoms with E-state index in [4.69, 9.17) is 5.73 Å². The summed E-state index contributed by atoms with van der Waals surface area (Å²) < 4.78 is 0. The van der Waals surface area contributed by atoms with E-state index in [2.05, 4.69) is 17.1 Å². The van der Waals surface area contributed by atoms with E-state index in [0.717, 1.165) is 18.5 Å². The van der Waals surface area contributed by atoms with Gasteiger partial charge in [-0.1, -0.05) is 32.0 Å². The molecule has 1 atom stereocenters. The van der Waals surface area contributed by atoms with Crippen molar-refractivity contribution in [3.05, 3.63) is 35.5 Å². The van der Waals surface area contributed by atoms with Gasteiger partial charge in [0.25, 0.3) is 0 Å². The summed E-state index contributed by atoms with van der Waals surface area (Å²) in [6, 6.07) is 7.86. The molecule has 1 aliphatic rings. The number of nitrogens with two attached hydrogens (primary N) is 1. The maximum Gasteiger partial charge on any atom is 0.240 e. The van der Waals surface area contributed by atoms with Gasteiger partial charge in [-0.25, -0.2) is 0 Å². The van der Waals surface area contributed by atoms with Gasteiger partial charge in [-0.3, -0.25) is 4.79 Å². The molecular weight excluding hydrogens is 250 g/mol. The van der Waals surface area contributed by atoms with Crippen LogP contribution in [0.5, 0.6) is 0 Å². The molecule has 0 aliphatic carbocycles. The number of nitrogens with one attached hydrogen (secondary N) is 1. The second-order valence-corrected chi connectivity index (χ2v) is 5.91. The lowest BCUT2D eigenvalue weighted by Gasteiger charge is -2.30. The minimum Gasteiger partial charge on any atom is -0.358 e. The van der Waals surface area contributed by atoms with Crippen LogP contribution in [-0.2, 0) is 17.8 Å². The second-order valence-electron chi connectivity index (χ2n) is 5.91. The van der Waals surface area contributed by atoms with E-state index in [0.29, 0.717) is 6.54 Å². The van der Waals surface area contributed by atoms with Gasteiger partial charge >= 0.3 is 0 Å². The Morgan fingerprint density at radius 2 is 2.10 bits per heavy atom. The van der Waals surface area contributed by atoms with E-state index in [9.17, 15) is 4.79 Å². The monoisotopic (exact) mass is 271 g/mol. The van der Waals surface area contributed by atoms with Gasteiger partial charge in [0.1, 0.15) is 0 Å². The summed E-state index contributed by atoms with van der Waals surface area (Å²) in [5, 5.41) is 1.22. The highest BCUT2D eigenvalue weighted by Gasteiger charge is 2.28. The molecule has 1 unspecified atom stereocenters. The number of aromatic amines is 1. The first-order valence-electron chi connectivity index (χ1n) is 7.20. The summed E-state index contributed by atoms with van der Waals surface area (Å²) in [4.78, 5) is 17.8. The fourth-order valence-electron chi connectivity index (χ4n) is 2.85. The molecule has 3 rings (SSSR count). The zero-order valence-corrected chi connectivity index (χ0v) is 12.0. The molecule has 106 valence electrons. The molecule has 0 bridgehead atoms. The van der Waals surface area contributed by atoms with Gasteiger partial charge in [0.2, 0.25) is 5.91 Å². The summed E-state index contributed by atoms with van der Waals surface area (Å²) in [5.41, 5.74) is 9.66. The molecule has 4 heteroatoms. The predicted octanol–water partition coefficient (Wildman–Crippen LogP) is 2.04. The van der Waals surface area contributed by atoms with Crippen molar-refractivity contribution in [2.75, 3.05) is 6.54 Å². The zero-order valence-electron chi connectivity index (χ0n) is 12.0. The first-order valence-corrected chi connectivity index (χ1v) is 7.20. The molecule has 0 fully saturated rings. The molecule has 1 aromatic carbocycles.